The van der Waals surface area contributed by atoms with Crippen LogP contribution >= 0.6 is 36.6 Å². The number of hydrogen-bond acceptors (Lipinski definition) is 4. The Morgan fingerprint density at radius 2 is 1.52 bits per heavy atom. The molecule has 0 aliphatic carbocycles. The van der Waals surface area contributed by atoms with E-state index in [1.165, 1.54) is 23.9 Å². The molecule has 9 heteroatoms. The topological polar surface area (TPSA) is 9.72 Å². The fourth-order valence-electron chi connectivity index (χ4n) is 3.56. The van der Waals surface area contributed by atoms with Gasteiger partial charge in [-0.1, -0.05) is 23.9 Å². The van der Waals surface area contributed by atoms with Gasteiger partial charge in [0.05, 0.1) is 16.9 Å². The number of likely N-dealkylation sites (N-methyl/N-ethyl adjacent to an activating group) is 1. The van der Waals surface area contributed by atoms with E-state index in [-0.39, 0.29) is 24.8 Å². The van der Waals surface area contributed by atoms with Crippen molar-refractivity contribution in [2.75, 3.05) is 51.2 Å². The first-order valence-electron chi connectivity index (χ1n) is 9.08. The highest BCUT2D eigenvalue weighted by Crippen LogP contribution is 2.49. The summed E-state index contributed by atoms with van der Waals surface area (Å²) in [6, 6.07) is 12.0. The monoisotopic (exact) mass is 465 g/mol. The highest BCUT2D eigenvalue weighted by molar-refractivity contribution is 7.99. The van der Waals surface area contributed by atoms with Gasteiger partial charge in [0.25, 0.3) is 0 Å². The maximum atomic E-state index is 13.3. The van der Waals surface area contributed by atoms with Gasteiger partial charge in [0, 0.05) is 49.1 Å². The van der Waals surface area contributed by atoms with Crippen LogP contribution in [0.25, 0.3) is 0 Å². The van der Waals surface area contributed by atoms with Crippen molar-refractivity contribution >= 4 is 48.0 Å². The van der Waals surface area contributed by atoms with E-state index in [9.17, 15) is 13.2 Å². The van der Waals surface area contributed by atoms with Crippen LogP contribution in [0, 0.1) is 0 Å². The molecule has 0 spiro atoms. The van der Waals surface area contributed by atoms with Crippen molar-refractivity contribution in [3.63, 3.8) is 0 Å². The minimum absolute atomic E-state index is 0. The zero-order valence-electron chi connectivity index (χ0n) is 16.0. The number of hydrogen-bond donors (Lipinski definition) is 0. The SMILES string of the molecule is CN1CCN(CCN2c3ccccc3Sc3ccc(C(F)(F)F)cc32)CC1.Cl.Cl. The van der Waals surface area contributed by atoms with Crippen LogP contribution in [-0.2, 0) is 6.18 Å². The number of para-hydroxylation sites is 1. The van der Waals surface area contributed by atoms with E-state index in [1.54, 1.807) is 6.07 Å². The molecule has 2 aliphatic heterocycles. The van der Waals surface area contributed by atoms with Crippen molar-refractivity contribution < 1.29 is 13.2 Å². The van der Waals surface area contributed by atoms with Crippen molar-refractivity contribution in [2.45, 2.75) is 16.0 Å². The number of rotatable bonds is 3. The van der Waals surface area contributed by atoms with Gasteiger partial charge in [-0.25, -0.2) is 0 Å². The molecule has 0 unspecified atom stereocenters. The summed E-state index contributed by atoms with van der Waals surface area (Å²) in [5.41, 5.74) is 1.05. The van der Waals surface area contributed by atoms with E-state index in [4.69, 9.17) is 0 Å². The minimum atomic E-state index is -4.33. The summed E-state index contributed by atoms with van der Waals surface area (Å²) in [5.74, 6) is 0. The summed E-state index contributed by atoms with van der Waals surface area (Å²) >= 11 is 1.54. The Hall–Kier alpha value is -1.12. The average Bonchev–Trinajstić information content (AvgIpc) is 2.65. The Labute approximate surface area is 186 Å². The second kappa shape index (κ2) is 9.79. The Morgan fingerprint density at radius 3 is 2.21 bits per heavy atom. The summed E-state index contributed by atoms with van der Waals surface area (Å²) in [6.45, 7) is 5.56. The lowest BCUT2D eigenvalue weighted by Crippen LogP contribution is -2.46. The maximum absolute atomic E-state index is 13.3. The smallest absolute Gasteiger partial charge is 0.338 e. The fraction of sp³-hybridized carbons (Fsp3) is 0.400. The first-order chi connectivity index (χ1) is 12.9. The van der Waals surface area contributed by atoms with Crippen LogP contribution in [0.4, 0.5) is 24.5 Å². The van der Waals surface area contributed by atoms with Gasteiger partial charge < -0.3 is 9.80 Å². The normalized spacial score (nSPS) is 17.0. The number of nitrogens with zero attached hydrogens (tertiary/aromatic N) is 3. The van der Waals surface area contributed by atoms with Crippen LogP contribution in [0.1, 0.15) is 5.56 Å². The summed E-state index contributed by atoms with van der Waals surface area (Å²) in [7, 11) is 2.12. The van der Waals surface area contributed by atoms with E-state index in [0.717, 1.165) is 48.2 Å². The van der Waals surface area contributed by atoms with Crippen LogP contribution < -0.4 is 4.90 Å². The van der Waals surface area contributed by atoms with Crippen LogP contribution in [0.2, 0.25) is 0 Å². The van der Waals surface area contributed by atoms with Gasteiger partial charge in [0.2, 0.25) is 0 Å². The van der Waals surface area contributed by atoms with Gasteiger partial charge in [0.15, 0.2) is 0 Å². The first-order valence-corrected chi connectivity index (χ1v) is 9.90. The van der Waals surface area contributed by atoms with Crippen molar-refractivity contribution in [1.29, 1.82) is 0 Å². The predicted molar refractivity (Wildman–Crippen MR) is 117 cm³/mol. The molecule has 2 aromatic carbocycles. The third-order valence-electron chi connectivity index (χ3n) is 5.19. The number of halogens is 5. The third-order valence-corrected chi connectivity index (χ3v) is 6.32. The molecule has 0 aromatic heterocycles. The lowest BCUT2D eigenvalue weighted by Gasteiger charge is -2.37. The van der Waals surface area contributed by atoms with Crippen LogP contribution in [0.3, 0.4) is 0 Å². The van der Waals surface area contributed by atoms with E-state index in [0.29, 0.717) is 12.2 Å². The summed E-state index contributed by atoms with van der Waals surface area (Å²) in [4.78, 5) is 8.70. The number of piperazine rings is 1. The highest BCUT2D eigenvalue weighted by Gasteiger charge is 2.33. The molecular weight excluding hydrogens is 442 g/mol. The van der Waals surface area contributed by atoms with Crippen molar-refractivity contribution in [2.24, 2.45) is 0 Å². The molecule has 2 aromatic rings. The lowest BCUT2D eigenvalue weighted by atomic mass is 10.1. The maximum Gasteiger partial charge on any atom is 0.416 e. The standard InChI is InChI=1S/C20H22F3N3S.2ClH/c1-24-8-10-25(11-9-24)12-13-26-16-4-2-3-5-18(16)27-19-7-6-15(14-17(19)26)20(21,22)23;;/h2-7,14H,8-13H2,1H3;2*1H. The summed E-state index contributed by atoms with van der Waals surface area (Å²) in [5, 5.41) is 0. The molecule has 160 valence electrons. The molecule has 0 radical (unpaired) electrons. The van der Waals surface area contributed by atoms with Crippen molar-refractivity contribution in [1.82, 2.24) is 9.80 Å². The molecule has 3 nitrogen and oxygen atoms in total. The molecule has 0 bridgehead atoms. The van der Waals surface area contributed by atoms with E-state index < -0.39 is 11.7 Å². The van der Waals surface area contributed by atoms with E-state index in [1.807, 2.05) is 24.3 Å². The van der Waals surface area contributed by atoms with Crippen molar-refractivity contribution in [3.8, 4) is 0 Å². The molecule has 29 heavy (non-hydrogen) atoms. The first kappa shape index (κ1) is 24.2. The fourth-order valence-corrected chi connectivity index (χ4v) is 4.64. The Morgan fingerprint density at radius 1 is 0.862 bits per heavy atom. The zero-order valence-corrected chi connectivity index (χ0v) is 18.4. The van der Waals surface area contributed by atoms with Gasteiger partial charge in [0.1, 0.15) is 0 Å². The number of alkyl halides is 3. The lowest BCUT2D eigenvalue weighted by molar-refractivity contribution is -0.137. The number of anilines is 2. The van der Waals surface area contributed by atoms with Gasteiger partial charge in [-0.15, -0.1) is 24.8 Å². The van der Waals surface area contributed by atoms with Crippen molar-refractivity contribution in [3.05, 3.63) is 48.0 Å². The molecule has 1 saturated heterocycles. The number of fused-ring (bicyclic) bond motifs is 2. The van der Waals surface area contributed by atoms with Gasteiger partial charge >= 0.3 is 6.18 Å². The quantitative estimate of drug-likeness (QED) is 0.599. The molecule has 0 atom stereocenters. The average molecular weight is 466 g/mol. The molecule has 2 heterocycles. The molecule has 0 saturated carbocycles. The van der Waals surface area contributed by atoms with Gasteiger partial charge in [-0.05, 0) is 37.4 Å². The second-order valence-electron chi connectivity index (χ2n) is 7.05. The Balaban J connectivity index is 0.00000150. The highest BCUT2D eigenvalue weighted by atomic mass is 35.5. The van der Waals surface area contributed by atoms with Crippen LogP contribution in [0.15, 0.2) is 52.3 Å². The largest absolute Gasteiger partial charge is 0.416 e. The minimum Gasteiger partial charge on any atom is -0.338 e. The molecule has 0 N–H and O–H groups in total. The third kappa shape index (κ3) is 5.33. The molecule has 0 amide bonds. The molecule has 4 rings (SSSR count). The molecule has 1 fully saturated rings. The predicted octanol–water partition coefficient (Wildman–Crippen LogP) is 5.40. The summed E-state index contributed by atoms with van der Waals surface area (Å²) in [6.07, 6.45) is -4.33. The number of benzene rings is 2. The van der Waals surface area contributed by atoms with Gasteiger partial charge in [-0.3, -0.25) is 4.90 Å². The van der Waals surface area contributed by atoms with E-state index in [2.05, 4.69) is 21.7 Å². The molecular formula is C20H24Cl2F3N3S. The molecule has 2 aliphatic rings. The second-order valence-corrected chi connectivity index (χ2v) is 8.13. The Bertz CT molecular complexity index is 827. The zero-order chi connectivity index (χ0) is 19.0. The van der Waals surface area contributed by atoms with Gasteiger partial charge in [-0.2, -0.15) is 13.2 Å². The van der Waals surface area contributed by atoms with Crippen LogP contribution in [-0.4, -0.2) is 56.1 Å². The summed E-state index contributed by atoms with van der Waals surface area (Å²) < 4.78 is 39.8. The Kier molecular flexibility index (Phi) is 8.15. The van der Waals surface area contributed by atoms with Crippen LogP contribution in [0.5, 0.6) is 0 Å². The van der Waals surface area contributed by atoms with E-state index >= 15 is 0 Å².